The number of aromatic carboxylic acids is 2. The van der Waals surface area contributed by atoms with Crippen LogP contribution < -0.4 is 10.2 Å². The van der Waals surface area contributed by atoms with Crippen LogP contribution in [0.15, 0.2) is 24.3 Å². The van der Waals surface area contributed by atoms with Gasteiger partial charge >= 0.3 is 0 Å². The van der Waals surface area contributed by atoms with E-state index in [1.165, 1.54) is 0 Å². The number of rotatable bonds is 2. The summed E-state index contributed by atoms with van der Waals surface area (Å²) in [7, 11) is 0. The molecule has 22 heavy (non-hydrogen) atoms. The van der Waals surface area contributed by atoms with Gasteiger partial charge in [0, 0.05) is 0 Å². The van der Waals surface area contributed by atoms with Crippen molar-refractivity contribution in [3.63, 3.8) is 0 Å². The number of aryl methyl sites for hydroxylation is 4. The van der Waals surface area contributed by atoms with Crippen molar-refractivity contribution in [3.8, 4) is 11.1 Å². The molecule has 2 aromatic carbocycles. The van der Waals surface area contributed by atoms with Crippen molar-refractivity contribution in [1.82, 2.24) is 0 Å². The first kappa shape index (κ1) is 13.1. The smallest absolute Gasteiger partial charge is 0.0715 e. The van der Waals surface area contributed by atoms with Crippen molar-refractivity contribution in [3.05, 3.63) is 57.6 Å². The summed E-state index contributed by atoms with van der Waals surface area (Å²) in [5.74, 6) is -2.30. The van der Waals surface area contributed by atoms with Gasteiger partial charge in [-0.2, -0.15) is 0 Å². The second-order valence-corrected chi connectivity index (χ2v) is 5.91. The number of benzene rings is 2. The van der Waals surface area contributed by atoms with Crippen LogP contribution in [0, 0.1) is 0 Å². The fourth-order valence-electron chi connectivity index (χ4n) is 3.74. The second-order valence-electron chi connectivity index (χ2n) is 5.91. The van der Waals surface area contributed by atoms with Crippen molar-refractivity contribution in [2.75, 3.05) is 0 Å². The van der Waals surface area contributed by atoms with Gasteiger partial charge in [0.05, 0.1) is 11.9 Å². The molecular weight excluding hydrogens is 280 g/mol. The fraction of sp³-hybridized carbons (Fsp3) is 0.222. The van der Waals surface area contributed by atoms with E-state index in [4.69, 9.17) is 0 Å². The lowest BCUT2D eigenvalue weighted by molar-refractivity contribution is -0.256. The maximum atomic E-state index is 11.2. The Morgan fingerprint density at radius 3 is 1.14 bits per heavy atom. The van der Waals surface area contributed by atoms with Crippen LogP contribution in [-0.4, -0.2) is 11.9 Å². The molecule has 0 atom stereocenters. The number of hydrogen-bond donors (Lipinski definition) is 0. The topological polar surface area (TPSA) is 80.3 Å². The normalized spacial score (nSPS) is 14.4. The zero-order valence-electron chi connectivity index (χ0n) is 11.8. The number of carboxylic acids is 2. The predicted molar refractivity (Wildman–Crippen MR) is 75.4 cm³/mol. The molecule has 4 heteroatoms. The Labute approximate surface area is 127 Å². The lowest BCUT2D eigenvalue weighted by atomic mass is 9.74. The average Bonchev–Trinajstić information content (AvgIpc) is 2.51. The minimum atomic E-state index is -1.15. The first-order valence-corrected chi connectivity index (χ1v) is 7.29. The van der Waals surface area contributed by atoms with Gasteiger partial charge in [0.1, 0.15) is 0 Å². The minimum Gasteiger partial charge on any atom is -0.545 e. The quantitative estimate of drug-likeness (QED) is 0.796. The first-order valence-electron chi connectivity index (χ1n) is 7.29. The Hall–Kier alpha value is -2.62. The molecule has 0 aromatic heterocycles. The predicted octanol–water partition coefficient (Wildman–Crippen LogP) is 0.278. The number of hydrogen-bond acceptors (Lipinski definition) is 4. The van der Waals surface area contributed by atoms with E-state index in [0.717, 1.165) is 33.4 Å². The molecule has 4 nitrogen and oxygen atoms in total. The number of carbonyl (C=O) groups is 2. The molecule has 0 amide bonds. The van der Waals surface area contributed by atoms with Crippen LogP contribution in [0.1, 0.15) is 43.0 Å². The molecule has 0 radical (unpaired) electrons. The summed E-state index contributed by atoms with van der Waals surface area (Å²) in [5.41, 5.74) is 6.73. The first-order chi connectivity index (χ1) is 10.5. The third kappa shape index (κ3) is 1.77. The third-order valence-electron chi connectivity index (χ3n) is 4.65. The van der Waals surface area contributed by atoms with Gasteiger partial charge in [-0.25, -0.2) is 0 Å². The molecule has 0 N–H and O–H groups in total. The van der Waals surface area contributed by atoms with Crippen molar-refractivity contribution in [2.24, 2.45) is 0 Å². The van der Waals surface area contributed by atoms with E-state index in [1.807, 2.05) is 0 Å². The monoisotopic (exact) mass is 292 g/mol. The molecule has 0 heterocycles. The van der Waals surface area contributed by atoms with Crippen LogP contribution in [0.3, 0.4) is 0 Å². The summed E-state index contributed by atoms with van der Waals surface area (Å²) in [6.45, 7) is 0. The summed E-state index contributed by atoms with van der Waals surface area (Å²) in [5, 5.41) is 22.3. The Balaban J connectivity index is 1.99. The molecular formula is C18H12O4-2. The van der Waals surface area contributed by atoms with Crippen molar-refractivity contribution >= 4 is 11.9 Å². The molecule has 2 aromatic rings. The van der Waals surface area contributed by atoms with E-state index >= 15 is 0 Å². The summed E-state index contributed by atoms with van der Waals surface area (Å²) >= 11 is 0. The van der Waals surface area contributed by atoms with E-state index in [9.17, 15) is 19.8 Å². The molecule has 0 spiro atoms. The van der Waals surface area contributed by atoms with Gasteiger partial charge in [-0.15, -0.1) is 0 Å². The van der Waals surface area contributed by atoms with Gasteiger partial charge in [0.2, 0.25) is 0 Å². The lowest BCUT2D eigenvalue weighted by Crippen LogP contribution is -2.25. The van der Waals surface area contributed by atoms with E-state index in [2.05, 4.69) is 0 Å². The van der Waals surface area contributed by atoms with Gasteiger partial charge in [-0.3, -0.25) is 0 Å². The van der Waals surface area contributed by atoms with Crippen LogP contribution in [0.5, 0.6) is 0 Å². The van der Waals surface area contributed by atoms with Crippen LogP contribution in [0.4, 0.5) is 0 Å². The highest BCUT2D eigenvalue weighted by atomic mass is 16.4. The zero-order chi connectivity index (χ0) is 15.4. The molecule has 4 rings (SSSR count). The van der Waals surface area contributed by atoms with Crippen LogP contribution >= 0.6 is 0 Å². The third-order valence-corrected chi connectivity index (χ3v) is 4.65. The molecule has 0 aliphatic heterocycles. The van der Waals surface area contributed by atoms with E-state index in [-0.39, 0.29) is 11.1 Å². The second kappa shape index (κ2) is 4.44. The van der Waals surface area contributed by atoms with E-state index in [1.54, 1.807) is 24.3 Å². The Morgan fingerprint density at radius 1 is 0.636 bits per heavy atom. The van der Waals surface area contributed by atoms with Gasteiger partial charge in [0.25, 0.3) is 0 Å². The molecule has 2 aliphatic carbocycles. The lowest BCUT2D eigenvalue weighted by Gasteiger charge is -2.31. The fourth-order valence-corrected chi connectivity index (χ4v) is 3.74. The summed E-state index contributed by atoms with van der Waals surface area (Å²) < 4.78 is 0. The Kier molecular flexibility index (Phi) is 2.64. The molecule has 0 unspecified atom stereocenters. The zero-order valence-corrected chi connectivity index (χ0v) is 11.8. The highest BCUT2D eigenvalue weighted by Gasteiger charge is 2.26. The molecule has 2 aliphatic rings. The maximum absolute atomic E-state index is 11.2. The number of carboxylic acid groups (broad SMARTS) is 2. The molecule has 0 fully saturated rings. The SMILES string of the molecule is O=C([O-])c1cc2c3c(c1)CCc1cc(C(=O)[O-])cc(c1-3)CC2. The summed E-state index contributed by atoms with van der Waals surface area (Å²) in [4.78, 5) is 22.3. The van der Waals surface area contributed by atoms with Gasteiger partial charge in [-0.05, 0) is 94.5 Å². The van der Waals surface area contributed by atoms with E-state index < -0.39 is 11.9 Å². The minimum absolute atomic E-state index is 0.229. The van der Waals surface area contributed by atoms with Gasteiger partial charge in [-0.1, -0.05) is 0 Å². The van der Waals surface area contributed by atoms with Crippen molar-refractivity contribution in [2.45, 2.75) is 25.7 Å². The van der Waals surface area contributed by atoms with E-state index in [0.29, 0.717) is 25.7 Å². The highest BCUT2D eigenvalue weighted by Crippen LogP contribution is 2.43. The molecule has 0 bridgehead atoms. The standard InChI is InChI=1S/C18H14O4/c19-17(20)13-5-9-1-2-10-6-14(18(21)22)8-12-4-3-11(7-13)15(9)16(10)12/h5-8H,1-4H2,(H,19,20)(H,21,22)/p-2. The Bertz CT molecular complexity index is 727. The van der Waals surface area contributed by atoms with Gasteiger partial charge < -0.3 is 19.8 Å². The molecule has 0 saturated carbocycles. The molecule has 110 valence electrons. The van der Waals surface area contributed by atoms with Crippen molar-refractivity contribution < 1.29 is 19.8 Å². The van der Waals surface area contributed by atoms with Crippen molar-refractivity contribution in [1.29, 1.82) is 0 Å². The summed E-state index contributed by atoms with van der Waals surface area (Å²) in [6.07, 6.45) is 2.86. The van der Waals surface area contributed by atoms with Crippen LogP contribution in [0.2, 0.25) is 0 Å². The van der Waals surface area contributed by atoms with Crippen LogP contribution in [0.25, 0.3) is 11.1 Å². The largest absolute Gasteiger partial charge is 0.545 e. The Morgan fingerprint density at radius 2 is 0.909 bits per heavy atom. The highest BCUT2D eigenvalue weighted by molar-refractivity contribution is 5.92. The average molecular weight is 292 g/mol. The molecule has 0 saturated heterocycles. The summed E-state index contributed by atoms with van der Waals surface area (Å²) in [6, 6.07) is 6.77. The maximum Gasteiger partial charge on any atom is 0.0715 e. The van der Waals surface area contributed by atoms with Gasteiger partial charge in [0.15, 0.2) is 0 Å². The number of carbonyl (C=O) groups excluding carboxylic acids is 2. The van der Waals surface area contributed by atoms with Crippen LogP contribution in [-0.2, 0) is 25.7 Å².